The van der Waals surface area contributed by atoms with Gasteiger partial charge in [-0.1, -0.05) is 48.0 Å². The molecule has 4 rings (SSSR count). The van der Waals surface area contributed by atoms with E-state index in [2.05, 4.69) is 64.4 Å². The van der Waals surface area contributed by atoms with Crippen LogP contribution in [-0.4, -0.2) is 36.1 Å². The summed E-state index contributed by atoms with van der Waals surface area (Å²) in [4.78, 5) is 15.1. The van der Waals surface area contributed by atoms with E-state index in [9.17, 15) is 4.79 Å². The molecule has 5 nitrogen and oxygen atoms in total. The summed E-state index contributed by atoms with van der Waals surface area (Å²) in [5, 5.41) is 3.24. The largest absolute Gasteiger partial charge is 0.349 e. The smallest absolute Gasteiger partial charge is 0.251 e. The lowest BCUT2D eigenvalue weighted by Gasteiger charge is -2.36. The van der Waals surface area contributed by atoms with Crippen LogP contribution in [0.4, 0.5) is 0 Å². The molecule has 2 aliphatic heterocycles. The number of carbonyl (C=O) groups excluding carboxylic acids is 1. The van der Waals surface area contributed by atoms with Crippen LogP contribution in [0.5, 0.6) is 0 Å². The van der Waals surface area contributed by atoms with Crippen LogP contribution < -0.4 is 16.2 Å². The van der Waals surface area contributed by atoms with Crippen LogP contribution in [0, 0.1) is 13.8 Å². The van der Waals surface area contributed by atoms with Gasteiger partial charge in [0.25, 0.3) is 5.91 Å². The van der Waals surface area contributed by atoms with Crippen LogP contribution in [0.1, 0.15) is 52.4 Å². The van der Waals surface area contributed by atoms with Gasteiger partial charge in [-0.05, 0) is 50.3 Å². The zero-order valence-corrected chi connectivity index (χ0v) is 16.7. The first-order chi connectivity index (χ1) is 13.6. The third kappa shape index (κ3) is 4.27. The van der Waals surface area contributed by atoms with Crippen molar-refractivity contribution in [2.24, 2.45) is 0 Å². The molecule has 0 radical (unpaired) electrons. The highest BCUT2D eigenvalue weighted by Gasteiger charge is 2.32. The molecule has 0 aliphatic carbocycles. The molecule has 0 bridgehead atoms. The number of nitrogens with zero attached hydrogens (tertiary/aromatic N) is 1. The molecule has 1 amide bonds. The number of likely N-dealkylation sites (tertiary alicyclic amines) is 1. The Morgan fingerprint density at radius 1 is 1.04 bits per heavy atom. The van der Waals surface area contributed by atoms with Crippen molar-refractivity contribution in [1.82, 2.24) is 21.1 Å². The summed E-state index contributed by atoms with van der Waals surface area (Å²) in [6.07, 6.45) is 3.39. The number of hydrogen-bond acceptors (Lipinski definition) is 4. The number of benzene rings is 2. The van der Waals surface area contributed by atoms with Gasteiger partial charge in [0, 0.05) is 30.7 Å². The highest BCUT2D eigenvalue weighted by atomic mass is 16.1. The van der Waals surface area contributed by atoms with Gasteiger partial charge in [0.05, 0.1) is 6.17 Å². The zero-order chi connectivity index (χ0) is 19.5. The highest BCUT2D eigenvalue weighted by Crippen LogP contribution is 2.25. The van der Waals surface area contributed by atoms with Crippen molar-refractivity contribution in [3.8, 4) is 0 Å². The third-order valence-electron chi connectivity index (χ3n) is 6.02. The van der Waals surface area contributed by atoms with Crippen molar-refractivity contribution in [1.29, 1.82) is 0 Å². The van der Waals surface area contributed by atoms with Gasteiger partial charge in [-0.2, -0.15) is 0 Å². The monoisotopic (exact) mass is 378 g/mol. The van der Waals surface area contributed by atoms with Gasteiger partial charge in [0.1, 0.15) is 0 Å². The standard InChI is InChI=1S/C23H30N4O/c1-16-8-9-20(17(2)14-16)23(28)24-19-10-12-27(13-11-19)22-15-21(25-26-22)18-6-4-3-5-7-18/h3-9,14,19,21-22,25-26H,10-13,15H2,1-2H3,(H,24,28). The molecule has 2 aromatic rings. The molecule has 2 aromatic carbocycles. The number of aryl methyl sites for hydroxylation is 2. The van der Waals surface area contributed by atoms with E-state index in [1.807, 2.05) is 19.1 Å². The first-order valence-electron chi connectivity index (χ1n) is 10.3. The zero-order valence-electron chi connectivity index (χ0n) is 16.7. The first kappa shape index (κ1) is 19.1. The normalized spacial score (nSPS) is 23.6. The Morgan fingerprint density at radius 2 is 1.79 bits per heavy atom. The maximum absolute atomic E-state index is 12.6. The quantitative estimate of drug-likeness (QED) is 0.765. The molecular weight excluding hydrogens is 348 g/mol. The van der Waals surface area contributed by atoms with Crippen molar-refractivity contribution < 1.29 is 4.79 Å². The molecule has 2 saturated heterocycles. The van der Waals surface area contributed by atoms with Crippen molar-refractivity contribution >= 4 is 5.91 Å². The maximum Gasteiger partial charge on any atom is 0.251 e. The van der Waals surface area contributed by atoms with Crippen molar-refractivity contribution in [3.63, 3.8) is 0 Å². The minimum atomic E-state index is 0.0562. The van der Waals surface area contributed by atoms with E-state index in [4.69, 9.17) is 0 Å². The van der Waals surface area contributed by atoms with Crippen molar-refractivity contribution in [2.45, 2.75) is 51.4 Å². The van der Waals surface area contributed by atoms with Crippen molar-refractivity contribution in [2.75, 3.05) is 13.1 Å². The Morgan fingerprint density at radius 3 is 2.50 bits per heavy atom. The number of rotatable bonds is 4. The van der Waals surface area contributed by atoms with Crippen LogP contribution >= 0.6 is 0 Å². The second-order valence-corrected chi connectivity index (χ2v) is 8.11. The molecule has 0 spiro atoms. The van der Waals surface area contributed by atoms with E-state index < -0.39 is 0 Å². The number of nitrogens with one attached hydrogen (secondary N) is 3. The van der Waals surface area contributed by atoms with E-state index in [-0.39, 0.29) is 11.9 Å². The van der Waals surface area contributed by atoms with Crippen LogP contribution in [0.25, 0.3) is 0 Å². The molecule has 2 heterocycles. The molecule has 28 heavy (non-hydrogen) atoms. The lowest BCUT2D eigenvalue weighted by molar-refractivity contribution is 0.0879. The molecule has 0 saturated carbocycles. The van der Waals surface area contributed by atoms with E-state index in [0.29, 0.717) is 12.2 Å². The SMILES string of the molecule is Cc1ccc(C(=O)NC2CCN(C3CC(c4ccccc4)NN3)CC2)c(C)c1. The fourth-order valence-corrected chi connectivity index (χ4v) is 4.37. The fourth-order valence-electron chi connectivity index (χ4n) is 4.37. The van der Waals surface area contributed by atoms with E-state index in [1.54, 1.807) is 0 Å². The highest BCUT2D eigenvalue weighted by molar-refractivity contribution is 5.95. The maximum atomic E-state index is 12.6. The van der Waals surface area contributed by atoms with E-state index >= 15 is 0 Å². The molecule has 2 unspecified atom stereocenters. The van der Waals surface area contributed by atoms with Gasteiger partial charge in [0.2, 0.25) is 0 Å². The third-order valence-corrected chi connectivity index (χ3v) is 6.02. The average Bonchev–Trinajstić information content (AvgIpc) is 3.19. The number of amides is 1. The predicted molar refractivity (Wildman–Crippen MR) is 112 cm³/mol. The van der Waals surface area contributed by atoms with Gasteiger partial charge in [-0.3, -0.25) is 9.69 Å². The molecule has 2 fully saturated rings. The summed E-state index contributed by atoms with van der Waals surface area (Å²) < 4.78 is 0. The number of hydrogen-bond donors (Lipinski definition) is 3. The van der Waals surface area contributed by atoms with Crippen molar-refractivity contribution in [3.05, 3.63) is 70.8 Å². The summed E-state index contributed by atoms with van der Waals surface area (Å²) in [6, 6.07) is 17.2. The topological polar surface area (TPSA) is 56.4 Å². The first-order valence-corrected chi connectivity index (χ1v) is 10.3. The van der Waals surface area contributed by atoms with Crippen LogP contribution in [-0.2, 0) is 0 Å². The van der Waals surface area contributed by atoms with Crippen LogP contribution in [0.3, 0.4) is 0 Å². The molecule has 2 aliphatic rings. The second-order valence-electron chi connectivity index (χ2n) is 8.11. The minimum absolute atomic E-state index is 0.0562. The van der Waals surface area contributed by atoms with E-state index in [1.165, 1.54) is 11.1 Å². The second kappa shape index (κ2) is 8.43. The molecule has 3 N–H and O–H groups in total. The fraction of sp³-hybridized carbons (Fsp3) is 0.435. The summed E-state index contributed by atoms with van der Waals surface area (Å²) >= 11 is 0. The van der Waals surface area contributed by atoms with Crippen LogP contribution in [0.2, 0.25) is 0 Å². The summed E-state index contributed by atoms with van der Waals surface area (Å²) in [6.45, 7) is 6.06. The Bertz CT molecular complexity index is 815. The van der Waals surface area contributed by atoms with Gasteiger partial charge in [-0.15, -0.1) is 0 Å². The van der Waals surface area contributed by atoms with Gasteiger partial charge in [0.15, 0.2) is 0 Å². The molecule has 0 aromatic heterocycles. The minimum Gasteiger partial charge on any atom is -0.349 e. The lowest BCUT2D eigenvalue weighted by atomic mass is 10.00. The molecular formula is C23H30N4O. The lowest BCUT2D eigenvalue weighted by Crippen LogP contribution is -2.51. The van der Waals surface area contributed by atoms with Gasteiger partial charge in [-0.25, -0.2) is 10.9 Å². The molecule has 5 heteroatoms. The molecule has 148 valence electrons. The summed E-state index contributed by atoms with van der Waals surface area (Å²) in [5.41, 5.74) is 11.2. The Labute approximate surface area is 167 Å². The van der Waals surface area contributed by atoms with Crippen LogP contribution in [0.15, 0.2) is 48.5 Å². The molecule has 2 atom stereocenters. The Kier molecular flexibility index (Phi) is 5.76. The van der Waals surface area contributed by atoms with Gasteiger partial charge >= 0.3 is 0 Å². The van der Waals surface area contributed by atoms with E-state index in [0.717, 1.165) is 43.5 Å². The summed E-state index contributed by atoms with van der Waals surface area (Å²) in [7, 11) is 0. The van der Waals surface area contributed by atoms with Gasteiger partial charge < -0.3 is 5.32 Å². The number of hydrazine groups is 1. The number of carbonyl (C=O) groups is 1. The Hall–Kier alpha value is -2.21. The number of piperidine rings is 1. The predicted octanol–water partition coefficient (Wildman–Crippen LogP) is 3.06. The Balaban J connectivity index is 1.27. The average molecular weight is 379 g/mol. The summed E-state index contributed by atoms with van der Waals surface area (Å²) in [5.74, 6) is 0.0562.